The number of carbonyl (C=O) groups excluding carboxylic acids is 2. The third-order valence-corrected chi connectivity index (χ3v) is 3.84. The number of benzene rings is 2. The molecule has 2 aromatic carbocycles. The van der Waals surface area contributed by atoms with Gasteiger partial charge in [-0.2, -0.15) is 0 Å². The number of allylic oxidation sites excluding steroid dienone is 1. The second kappa shape index (κ2) is 6.29. The summed E-state index contributed by atoms with van der Waals surface area (Å²) >= 11 is 0. The van der Waals surface area contributed by atoms with Gasteiger partial charge in [0.2, 0.25) is 5.78 Å². The Morgan fingerprint density at radius 2 is 1.71 bits per heavy atom. The van der Waals surface area contributed by atoms with Crippen LogP contribution in [0.25, 0.3) is 0 Å². The zero-order valence-corrected chi connectivity index (χ0v) is 13.5. The first-order valence-corrected chi connectivity index (χ1v) is 7.59. The molecule has 1 atom stereocenters. The van der Waals surface area contributed by atoms with Gasteiger partial charge < -0.3 is 10.0 Å². The Bertz CT molecular complexity index is 812. The molecule has 1 amide bonds. The van der Waals surface area contributed by atoms with Crippen molar-refractivity contribution in [1.29, 1.82) is 0 Å². The van der Waals surface area contributed by atoms with Crippen LogP contribution in [-0.2, 0) is 0 Å². The van der Waals surface area contributed by atoms with Gasteiger partial charge in [-0.15, -0.1) is 0 Å². The zero-order valence-electron chi connectivity index (χ0n) is 13.5. The maximum absolute atomic E-state index is 12.9. The van der Waals surface area contributed by atoms with Gasteiger partial charge in [-0.25, -0.2) is 0 Å². The second-order valence-electron chi connectivity index (χ2n) is 5.81. The quantitative estimate of drug-likeness (QED) is 0.694. The Morgan fingerprint density at radius 3 is 2.33 bits per heavy atom. The summed E-state index contributed by atoms with van der Waals surface area (Å²) < 4.78 is 0. The molecule has 0 fully saturated rings. The second-order valence-corrected chi connectivity index (χ2v) is 5.81. The first-order valence-electron chi connectivity index (χ1n) is 7.59. The largest absolute Gasteiger partial charge is 0.382 e. The predicted molar refractivity (Wildman–Crippen MR) is 90.1 cm³/mol. The molecule has 5 nitrogen and oxygen atoms in total. The van der Waals surface area contributed by atoms with Crippen molar-refractivity contribution >= 4 is 11.7 Å². The van der Waals surface area contributed by atoms with E-state index in [1.165, 1.54) is 0 Å². The van der Waals surface area contributed by atoms with Gasteiger partial charge in [0, 0.05) is 37.0 Å². The molecule has 0 saturated heterocycles. The van der Waals surface area contributed by atoms with Crippen molar-refractivity contribution in [2.24, 2.45) is 0 Å². The minimum atomic E-state index is -1.17. The summed E-state index contributed by atoms with van der Waals surface area (Å²) in [5.41, 5.74) is 1.52. The molecule has 1 unspecified atom stereocenters. The van der Waals surface area contributed by atoms with Crippen LogP contribution in [0.15, 0.2) is 66.5 Å². The lowest BCUT2D eigenvalue weighted by molar-refractivity contribution is 0.0312. The molecule has 0 spiro atoms. The summed E-state index contributed by atoms with van der Waals surface area (Å²) in [6.45, 7) is 0. The third kappa shape index (κ3) is 2.70. The van der Waals surface area contributed by atoms with Crippen LogP contribution >= 0.6 is 0 Å². The molecule has 0 aliphatic carbocycles. The summed E-state index contributed by atoms with van der Waals surface area (Å²) in [6.07, 6.45) is 0.384. The van der Waals surface area contributed by atoms with Crippen molar-refractivity contribution in [3.63, 3.8) is 0 Å². The van der Waals surface area contributed by atoms with E-state index in [9.17, 15) is 14.7 Å². The number of aliphatic hydroxyl groups excluding tert-OH is 1. The molecule has 0 saturated carbocycles. The smallest absolute Gasteiger partial charge is 0.261 e. The van der Waals surface area contributed by atoms with Crippen molar-refractivity contribution in [1.82, 2.24) is 9.80 Å². The summed E-state index contributed by atoms with van der Waals surface area (Å²) in [4.78, 5) is 28.5. The van der Waals surface area contributed by atoms with Crippen LogP contribution in [0.2, 0.25) is 0 Å². The van der Waals surface area contributed by atoms with Crippen molar-refractivity contribution in [2.45, 2.75) is 6.23 Å². The minimum absolute atomic E-state index is 0.139. The summed E-state index contributed by atoms with van der Waals surface area (Å²) in [6, 6.07) is 15.6. The van der Waals surface area contributed by atoms with E-state index in [4.69, 9.17) is 0 Å². The number of ketones is 1. The number of Topliss-reactive ketones (excluding diaryl/α,β-unsaturated/α-hetero) is 1. The van der Waals surface area contributed by atoms with Crippen molar-refractivity contribution in [3.05, 3.63) is 83.2 Å². The van der Waals surface area contributed by atoms with Crippen LogP contribution < -0.4 is 0 Å². The van der Waals surface area contributed by atoms with Gasteiger partial charge in [-0.3, -0.25) is 14.5 Å². The van der Waals surface area contributed by atoms with Crippen LogP contribution in [0.4, 0.5) is 0 Å². The number of hydrogen-bond donors (Lipinski definition) is 1. The van der Waals surface area contributed by atoms with Crippen molar-refractivity contribution in [3.8, 4) is 0 Å². The average Bonchev–Trinajstić information content (AvgIpc) is 2.84. The van der Waals surface area contributed by atoms with E-state index in [2.05, 4.69) is 0 Å². The number of nitrogens with zero attached hydrogens (tertiary/aromatic N) is 2. The highest BCUT2D eigenvalue weighted by atomic mass is 16.3. The molecule has 5 heteroatoms. The van der Waals surface area contributed by atoms with E-state index >= 15 is 0 Å². The van der Waals surface area contributed by atoms with Gasteiger partial charge in [0.1, 0.15) is 5.70 Å². The Morgan fingerprint density at radius 1 is 1.08 bits per heavy atom. The maximum Gasteiger partial charge on any atom is 0.261 e. The minimum Gasteiger partial charge on any atom is -0.382 e. The van der Waals surface area contributed by atoms with E-state index in [0.717, 1.165) is 4.90 Å². The molecule has 3 rings (SSSR count). The standard InChI is InChI=1S/C19H18N2O3/c1-20(2)12-16(17(22)13-8-4-3-5-9-13)21-18(23)14-10-6-7-11-15(14)19(21)24/h3-12,18,23H,1-2H3/b16-12+. The Balaban J connectivity index is 2.06. The first-order chi connectivity index (χ1) is 11.5. The van der Waals surface area contributed by atoms with Gasteiger partial charge in [-0.05, 0) is 6.07 Å². The molecule has 0 bridgehead atoms. The van der Waals surface area contributed by atoms with Gasteiger partial charge in [0.05, 0.1) is 0 Å². The number of hydrogen-bond acceptors (Lipinski definition) is 4. The lowest BCUT2D eigenvalue weighted by Crippen LogP contribution is -2.32. The van der Waals surface area contributed by atoms with E-state index in [0.29, 0.717) is 16.7 Å². The summed E-state index contributed by atoms with van der Waals surface area (Å²) in [5.74, 6) is -0.694. The molecular weight excluding hydrogens is 304 g/mol. The molecular formula is C19H18N2O3. The molecule has 1 N–H and O–H groups in total. The number of aliphatic hydroxyl groups is 1. The molecule has 0 radical (unpaired) electrons. The fourth-order valence-electron chi connectivity index (χ4n) is 2.75. The lowest BCUT2D eigenvalue weighted by atomic mass is 10.1. The Hall–Kier alpha value is -2.92. The Kier molecular flexibility index (Phi) is 4.18. The molecule has 1 heterocycles. The van der Waals surface area contributed by atoms with Crippen LogP contribution in [0.3, 0.4) is 0 Å². The van der Waals surface area contributed by atoms with E-state index in [1.807, 2.05) is 6.07 Å². The Labute approximate surface area is 140 Å². The van der Waals surface area contributed by atoms with E-state index in [1.54, 1.807) is 73.7 Å². The number of rotatable bonds is 4. The van der Waals surface area contributed by atoms with Crippen LogP contribution in [-0.4, -0.2) is 40.7 Å². The topological polar surface area (TPSA) is 60.9 Å². The highest BCUT2D eigenvalue weighted by Crippen LogP contribution is 2.35. The number of carbonyl (C=O) groups is 2. The zero-order chi connectivity index (χ0) is 17.3. The molecule has 1 aliphatic rings. The van der Waals surface area contributed by atoms with Gasteiger partial charge in [0.15, 0.2) is 6.23 Å². The molecule has 122 valence electrons. The summed E-state index contributed by atoms with van der Waals surface area (Å²) in [7, 11) is 3.52. The predicted octanol–water partition coefficient (Wildman–Crippen LogP) is 2.42. The summed E-state index contributed by atoms with van der Waals surface area (Å²) in [5, 5.41) is 10.6. The average molecular weight is 322 g/mol. The number of amides is 1. The van der Waals surface area contributed by atoms with Crippen LogP contribution in [0.5, 0.6) is 0 Å². The fourth-order valence-corrected chi connectivity index (χ4v) is 2.75. The molecule has 2 aromatic rings. The van der Waals surface area contributed by atoms with Crippen molar-refractivity contribution in [2.75, 3.05) is 14.1 Å². The maximum atomic E-state index is 12.9. The first kappa shape index (κ1) is 16.0. The molecule has 24 heavy (non-hydrogen) atoms. The molecule has 1 aliphatic heterocycles. The van der Waals surface area contributed by atoms with E-state index < -0.39 is 6.23 Å². The van der Waals surface area contributed by atoms with Gasteiger partial charge in [-0.1, -0.05) is 48.5 Å². The van der Waals surface area contributed by atoms with Crippen molar-refractivity contribution < 1.29 is 14.7 Å². The monoisotopic (exact) mass is 322 g/mol. The lowest BCUT2D eigenvalue weighted by Gasteiger charge is -2.24. The SMILES string of the molecule is CN(C)/C=C(\C(=O)c1ccccc1)N1C(=O)c2ccccc2C1O. The normalized spacial score (nSPS) is 17.0. The van der Waals surface area contributed by atoms with Crippen LogP contribution in [0, 0.1) is 0 Å². The highest BCUT2D eigenvalue weighted by molar-refractivity contribution is 6.13. The van der Waals surface area contributed by atoms with E-state index in [-0.39, 0.29) is 17.4 Å². The number of fused-ring (bicyclic) bond motifs is 1. The molecule has 0 aromatic heterocycles. The van der Waals surface area contributed by atoms with Gasteiger partial charge >= 0.3 is 0 Å². The van der Waals surface area contributed by atoms with Crippen LogP contribution in [0.1, 0.15) is 32.5 Å². The fraction of sp³-hybridized carbons (Fsp3) is 0.158. The van der Waals surface area contributed by atoms with Gasteiger partial charge in [0.25, 0.3) is 5.91 Å². The highest BCUT2D eigenvalue weighted by Gasteiger charge is 2.39. The third-order valence-electron chi connectivity index (χ3n) is 3.84.